The number of ether oxygens (including phenoxy) is 5. The first-order valence-corrected chi connectivity index (χ1v) is 5.33. The van der Waals surface area contributed by atoms with E-state index in [-0.39, 0.29) is 18.5 Å². The van der Waals surface area contributed by atoms with E-state index < -0.39 is 18.5 Å². The van der Waals surface area contributed by atoms with Gasteiger partial charge in [-0.2, -0.15) is 0 Å². The van der Waals surface area contributed by atoms with Crippen LogP contribution in [0.4, 0.5) is 0 Å². The van der Waals surface area contributed by atoms with E-state index in [2.05, 4.69) is 0 Å². The highest BCUT2D eigenvalue weighted by molar-refractivity contribution is 4.92. The fraction of sp³-hybridized carbons (Fsp3) is 1.00. The highest BCUT2D eigenvalue weighted by Crippen LogP contribution is 2.29. The third kappa shape index (κ3) is 2.09. The zero-order valence-corrected chi connectivity index (χ0v) is 9.66. The Kier molecular flexibility index (Phi) is 3.78. The van der Waals surface area contributed by atoms with Gasteiger partial charge in [-0.25, -0.2) is 0 Å². The minimum absolute atomic E-state index is 0.269. The van der Waals surface area contributed by atoms with Crippen LogP contribution in [-0.2, 0) is 23.7 Å². The van der Waals surface area contributed by atoms with Crippen LogP contribution in [0.1, 0.15) is 6.92 Å². The average Bonchev–Trinajstić information content (AvgIpc) is 2.28. The van der Waals surface area contributed by atoms with Crippen LogP contribution in [-0.4, -0.2) is 62.9 Å². The van der Waals surface area contributed by atoms with E-state index in [1.54, 1.807) is 6.92 Å². The molecule has 2 rings (SSSR count). The molecule has 6 heteroatoms. The molecular formula is C10H18O6. The van der Waals surface area contributed by atoms with E-state index in [0.717, 1.165) is 0 Å². The molecule has 0 aromatic carbocycles. The molecule has 1 N–H and O–H groups in total. The third-order valence-electron chi connectivity index (χ3n) is 2.96. The Bertz CT molecular complexity index is 235. The highest BCUT2D eigenvalue weighted by Gasteiger charge is 2.49. The number of hydrogen-bond acceptors (Lipinski definition) is 6. The predicted molar refractivity (Wildman–Crippen MR) is 52.8 cm³/mol. The average molecular weight is 234 g/mol. The zero-order chi connectivity index (χ0) is 11.7. The van der Waals surface area contributed by atoms with E-state index >= 15 is 0 Å². The van der Waals surface area contributed by atoms with E-state index in [0.29, 0.717) is 6.61 Å². The lowest BCUT2D eigenvalue weighted by Crippen LogP contribution is -2.63. The van der Waals surface area contributed by atoms with Gasteiger partial charge in [0.25, 0.3) is 0 Å². The Hall–Kier alpha value is -0.240. The Balaban J connectivity index is 2.11. The molecule has 0 spiro atoms. The van der Waals surface area contributed by atoms with Gasteiger partial charge in [-0.1, -0.05) is 0 Å². The van der Waals surface area contributed by atoms with Gasteiger partial charge in [0, 0.05) is 14.2 Å². The van der Waals surface area contributed by atoms with Crippen molar-refractivity contribution < 1.29 is 28.8 Å². The largest absolute Gasteiger partial charge is 0.385 e. The Labute approximate surface area is 94.4 Å². The number of fused-ring (bicyclic) bond motifs is 1. The van der Waals surface area contributed by atoms with E-state index in [1.807, 2.05) is 0 Å². The third-order valence-corrected chi connectivity index (χ3v) is 2.96. The lowest BCUT2D eigenvalue weighted by molar-refractivity contribution is -0.355. The van der Waals surface area contributed by atoms with Gasteiger partial charge >= 0.3 is 0 Å². The molecule has 2 heterocycles. The molecular weight excluding hydrogens is 216 g/mol. The summed E-state index contributed by atoms with van der Waals surface area (Å²) >= 11 is 0. The number of rotatable bonds is 2. The molecule has 0 radical (unpaired) electrons. The Morgan fingerprint density at radius 3 is 2.56 bits per heavy atom. The minimum Gasteiger partial charge on any atom is -0.385 e. The normalized spacial score (nSPS) is 48.8. The molecule has 0 saturated carbocycles. The van der Waals surface area contributed by atoms with Crippen LogP contribution in [0.15, 0.2) is 0 Å². The van der Waals surface area contributed by atoms with Crippen molar-refractivity contribution in [3.8, 4) is 0 Å². The second-order valence-electron chi connectivity index (χ2n) is 3.97. The molecule has 0 aromatic heterocycles. The first-order valence-electron chi connectivity index (χ1n) is 5.33. The number of aliphatic hydroxyl groups is 1. The molecule has 6 nitrogen and oxygen atoms in total. The lowest BCUT2D eigenvalue weighted by Gasteiger charge is -2.46. The molecule has 2 aliphatic heterocycles. The zero-order valence-electron chi connectivity index (χ0n) is 9.66. The SMILES string of the molecule is CO[C@@H]1O[C@@H]2COC(C)O[C@@H]2[C@@H](OC)[C@@H]1O. The van der Waals surface area contributed by atoms with Crippen molar-refractivity contribution >= 4 is 0 Å². The minimum atomic E-state index is -0.860. The molecule has 1 unspecified atom stereocenters. The summed E-state index contributed by atoms with van der Waals surface area (Å²) in [7, 11) is 3.01. The summed E-state index contributed by atoms with van der Waals surface area (Å²) in [5.74, 6) is 0. The van der Waals surface area contributed by atoms with Crippen LogP contribution in [0, 0.1) is 0 Å². The fourth-order valence-corrected chi connectivity index (χ4v) is 2.15. The van der Waals surface area contributed by atoms with Crippen molar-refractivity contribution in [2.45, 2.75) is 43.9 Å². The molecule has 2 fully saturated rings. The summed E-state index contributed by atoms with van der Waals surface area (Å²) in [5.41, 5.74) is 0. The van der Waals surface area contributed by atoms with Crippen LogP contribution in [0.3, 0.4) is 0 Å². The fourth-order valence-electron chi connectivity index (χ4n) is 2.15. The van der Waals surface area contributed by atoms with Crippen LogP contribution in [0.2, 0.25) is 0 Å². The van der Waals surface area contributed by atoms with Crippen molar-refractivity contribution in [2.75, 3.05) is 20.8 Å². The molecule has 0 amide bonds. The van der Waals surface area contributed by atoms with Gasteiger partial charge < -0.3 is 28.8 Å². The van der Waals surface area contributed by atoms with Crippen LogP contribution < -0.4 is 0 Å². The van der Waals surface area contributed by atoms with Gasteiger partial charge in [0.1, 0.15) is 24.4 Å². The maximum atomic E-state index is 9.96. The Morgan fingerprint density at radius 1 is 1.19 bits per heavy atom. The first-order chi connectivity index (χ1) is 7.67. The second kappa shape index (κ2) is 4.95. The molecule has 16 heavy (non-hydrogen) atoms. The summed E-state index contributed by atoms with van der Waals surface area (Å²) in [5, 5.41) is 9.96. The quantitative estimate of drug-likeness (QED) is 0.694. The van der Waals surface area contributed by atoms with Gasteiger partial charge in [-0.15, -0.1) is 0 Å². The summed E-state index contributed by atoms with van der Waals surface area (Å²) < 4.78 is 26.7. The van der Waals surface area contributed by atoms with Gasteiger partial charge in [0.05, 0.1) is 6.61 Å². The van der Waals surface area contributed by atoms with Gasteiger partial charge in [-0.3, -0.25) is 0 Å². The van der Waals surface area contributed by atoms with Crippen LogP contribution in [0.25, 0.3) is 0 Å². The highest BCUT2D eigenvalue weighted by atomic mass is 16.8. The summed E-state index contributed by atoms with van der Waals surface area (Å²) in [6.45, 7) is 2.22. The van der Waals surface area contributed by atoms with E-state index in [1.165, 1.54) is 14.2 Å². The summed E-state index contributed by atoms with van der Waals surface area (Å²) in [6, 6.07) is 0. The molecule has 6 atom stereocenters. The summed E-state index contributed by atoms with van der Waals surface area (Å²) in [4.78, 5) is 0. The van der Waals surface area contributed by atoms with Crippen molar-refractivity contribution in [1.82, 2.24) is 0 Å². The van der Waals surface area contributed by atoms with Crippen LogP contribution >= 0.6 is 0 Å². The van der Waals surface area contributed by atoms with Crippen LogP contribution in [0.5, 0.6) is 0 Å². The molecule has 94 valence electrons. The lowest BCUT2D eigenvalue weighted by atomic mass is 9.98. The van der Waals surface area contributed by atoms with E-state index in [9.17, 15) is 5.11 Å². The molecule has 0 aliphatic carbocycles. The van der Waals surface area contributed by atoms with Crippen molar-refractivity contribution in [3.63, 3.8) is 0 Å². The van der Waals surface area contributed by atoms with E-state index in [4.69, 9.17) is 23.7 Å². The predicted octanol–water partition coefficient (Wildman–Crippen LogP) is -0.505. The van der Waals surface area contributed by atoms with Crippen molar-refractivity contribution in [1.29, 1.82) is 0 Å². The van der Waals surface area contributed by atoms with Gasteiger partial charge in [0.15, 0.2) is 12.6 Å². The first kappa shape index (κ1) is 12.2. The Morgan fingerprint density at radius 2 is 1.94 bits per heavy atom. The van der Waals surface area contributed by atoms with Crippen molar-refractivity contribution in [2.24, 2.45) is 0 Å². The number of hydrogen-bond donors (Lipinski definition) is 1. The topological polar surface area (TPSA) is 66.4 Å². The monoisotopic (exact) mass is 234 g/mol. The maximum absolute atomic E-state index is 9.96. The molecule has 0 bridgehead atoms. The maximum Gasteiger partial charge on any atom is 0.186 e. The molecule has 2 aliphatic rings. The summed E-state index contributed by atoms with van der Waals surface area (Å²) in [6.07, 6.45) is -2.93. The second-order valence-corrected chi connectivity index (χ2v) is 3.97. The van der Waals surface area contributed by atoms with Gasteiger partial charge in [0.2, 0.25) is 0 Å². The van der Waals surface area contributed by atoms with Crippen molar-refractivity contribution in [3.05, 3.63) is 0 Å². The molecule has 2 saturated heterocycles. The standard InChI is InChI=1S/C10H18O6/c1-5-14-4-6-8(15-5)9(12-2)7(11)10(13-3)16-6/h5-11H,4H2,1-3H3/t5?,6-,7+,8+,9+,10-/m1/s1. The number of aliphatic hydroxyl groups excluding tert-OH is 1. The molecule has 0 aromatic rings. The number of methoxy groups -OCH3 is 2. The van der Waals surface area contributed by atoms with Gasteiger partial charge in [-0.05, 0) is 6.92 Å². The smallest absolute Gasteiger partial charge is 0.186 e.